The molecule has 1 unspecified atom stereocenters. The third-order valence-electron chi connectivity index (χ3n) is 6.03. The van der Waals surface area contributed by atoms with E-state index in [4.69, 9.17) is 23.2 Å². The third-order valence-corrected chi connectivity index (χ3v) is 9.00. The number of rotatable bonds is 9. The fourth-order valence-corrected chi connectivity index (χ4v) is 6.54. The Bertz CT molecular complexity index is 1800. The van der Waals surface area contributed by atoms with Crippen LogP contribution in [0.1, 0.15) is 15.2 Å². The Hall–Kier alpha value is -3.83. The van der Waals surface area contributed by atoms with Crippen LogP contribution >= 0.6 is 34.5 Å². The molecule has 8 nitrogen and oxygen atoms in total. The normalized spacial score (nSPS) is 12.2. The summed E-state index contributed by atoms with van der Waals surface area (Å²) in [5.74, 6) is -0.913. The molecule has 0 radical (unpaired) electrons. The van der Waals surface area contributed by atoms with E-state index >= 15 is 0 Å². The molecule has 0 spiro atoms. The van der Waals surface area contributed by atoms with Gasteiger partial charge in [-0.2, -0.15) is 0 Å². The van der Waals surface area contributed by atoms with E-state index < -0.39 is 22.0 Å². The van der Waals surface area contributed by atoms with Gasteiger partial charge in [0.25, 0.3) is 15.9 Å². The number of carbonyl (C=O) groups excluding carboxylic acids is 2. The quantitative estimate of drug-likeness (QED) is 0.156. The van der Waals surface area contributed by atoms with Gasteiger partial charge in [-0.3, -0.25) is 14.3 Å². The van der Waals surface area contributed by atoms with Gasteiger partial charge in [-0.1, -0.05) is 53.5 Å². The maximum Gasteiger partial charge on any atom is 0.263 e. The van der Waals surface area contributed by atoms with E-state index in [9.17, 15) is 18.0 Å². The van der Waals surface area contributed by atoms with Crippen molar-refractivity contribution in [2.45, 2.75) is 17.4 Å². The number of fused-ring (bicyclic) bond motifs is 1. The van der Waals surface area contributed by atoms with Crippen LogP contribution in [0.2, 0.25) is 10.0 Å². The minimum absolute atomic E-state index is 0.0335. The van der Waals surface area contributed by atoms with Crippen LogP contribution in [-0.4, -0.2) is 31.3 Å². The van der Waals surface area contributed by atoms with Crippen LogP contribution in [0.3, 0.4) is 0 Å². The molecule has 0 fully saturated rings. The first kappa shape index (κ1) is 27.7. The van der Waals surface area contributed by atoms with Crippen LogP contribution in [0.15, 0.2) is 95.3 Å². The Labute approximate surface area is 244 Å². The maximum atomic E-state index is 13.5. The predicted molar refractivity (Wildman–Crippen MR) is 160 cm³/mol. The monoisotopic (exact) mass is 612 g/mol. The number of nitrogens with one attached hydrogen (secondary N) is 4. The van der Waals surface area contributed by atoms with Crippen molar-refractivity contribution in [3.63, 3.8) is 0 Å². The van der Waals surface area contributed by atoms with E-state index in [1.54, 1.807) is 41.9 Å². The van der Waals surface area contributed by atoms with Crippen molar-refractivity contribution < 1.29 is 18.0 Å². The number of hydrogen-bond donors (Lipinski definition) is 4. The van der Waals surface area contributed by atoms with Gasteiger partial charge in [-0.05, 0) is 59.5 Å². The lowest BCUT2D eigenvalue weighted by Gasteiger charge is -2.19. The van der Waals surface area contributed by atoms with Crippen molar-refractivity contribution in [3.8, 4) is 0 Å². The van der Waals surface area contributed by atoms with Gasteiger partial charge in [0, 0.05) is 34.2 Å². The first-order valence-corrected chi connectivity index (χ1v) is 15.1. The van der Waals surface area contributed by atoms with Crippen LogP contribution in [0.25, 0.3) is 10.9 Å². The lowest BCUT2D eigenvalue weighted by molar-refractivity contribution is -0.118. The highest BCUT2D eigenvalue weighted by Gasteiger charge is 2.25. The van der Waals surface area contributed by atoms with E-state index in [1.165, 1.54) is 35.6 Å². The summed E-state index contributed by atoms with van der Waals surface area (Å²) in [6.45, 7) is 0. The Kier molecular flexibility index (Phi) is 8.13. The Morgan fingerprint density at radius 1 is 0.925 bits per heavy atom. The van der Waals surface area contributed by atoms with E-state index in [0.29, 0.717) is 9.90 Å². The Balaban J connectivity index is 1.40. The first-order valence-electron chi connectivity index (χ1n) is 12.0. The van der Waals surface area contributed by atoms with Crippen LogP contribution in [0, 0.1) is 0 Å². The zero-order chi connectivity index (χ0) is 28.3. The second-order valence-electron chi connectivity index (χ2n) is 8.82. The fraction of sp³-hybridized carbons (Fsp3) is 0.0714. The molecular formula is C28H22Cl2N4O4S2. The molecule has 40 heavy (non-hydrogen) atoms. The predicted octanol–water partition coefficient (Wildman–Crippen LogP) is 6.32. The summed E-state index contributed by atoms with van der Waals surface area (Å²) in [4.78, 5) is 29.8. The SMILES string of the molecule is O=C(NC(Cc1c[nH]c2ccccc12)C(=O)Nc1ccc(Cl)c(S(=O)(=O)Nc2cccc(Cl)c2)c1)c1cccs1. The number of hydrogen-bond acceptors (Lipinski definition) is 5. The number of aromatic nitrogens is 1. The fourth-order valence-electron chi connectivity index (χ4n) is 4.15. The molecule has 2 amide bonds. The molecule has 0 aliphatic rings. The molecule has 2 heterocycles. The molecule has 0 aliphatic heterocycles. The summed E-state index contributed by atoms with van der Waals surface area (Å²) in [5, 5.41) is 8.58. The molecular weight excluding hydrogens is 591 g/mol. The van der Waals surface area contributed by atoms with Crippen LogP contribution in [0.5, 0.6) is 0 Å². The summed E-state index contributed by atoms with van der Waals surface area (Å²) < 4.78 is 28.7. The number of para-hydroxylation sites is 1. The lowest BCUT2D eigenvalue weighted by atomic mass is 10.0. The molecule has 4 N–H and O–H groups in total. The highest BCUT2D eigenvalue weighted by atomic mass is 35.5. The molecule has 3 aromatic carbocycles. The van der Waals surface area contributed by atoms with Gasteiger partial charge in [-0.15, -0.1) is 11.3 Å². The number of carbonyl (C=O) groups is 2. The van der Waals surface area contributed by atoms with E-state index in [-0.39, 0.29) is 33.6 Å². The Morgan fingerprint density at radius 3 is 2.52 bits per heavy atom. The second kappa shape index (κ2) is 11.7. The minimum Gasteiger partial charge on any atom is -0.361 e. The van der Waals surface area contributed by atoms with Gasteiger partial charge in [-0.25, -0.2) is 8.42 Å². The molecule has 0 saturated carbocycles. The standard InChI is InChI=1S/C28H22Cl2N4O4S2/c29-18-5-3-6-20(14-18)34-40(37,38)26-15-19(10-11-22(26)30)32-27(35)24(33-28(36)25-9-4-12-39-25)13-17-16-31-23-8-2-1-7-21(17)23/h1-12,14-16,24,31,34H,13H2,(H,32,35)(H,33,36). The van der Waals surface area contributed by atoms with E-state index in [2.05, 4.69) is 20.3 Å². The molecule has 5 rings (SSSR count). The molecule has 0 aliphatic carbocycles. The number of thiophene rings is 1. The molecule has 5 aromatic rings. The highest BCUT2D eigenvalue weighted by molar-refractivity contribution is 7.92. The van der Waals surface area contributed by atoms with Gasteiger partial charge < -0.3 is 15.6 Å². The van der Waals surface area contributed by atoms with Gasteiger partial charge in [0.05, 0.1) is 15.6 Å². The molecule has 12 heteroatoms. The van der Waals surface area contributed by atoms with Gasteiger partial charge in [0.1, 0.15) is 10.9 Å². The van der Waals surface area contributed by atoms with Crippen molar-refractivity contribution in [2.75, 3.05) is 10.0 Å². The number of amides is 2. The molecule has 204 valence electrons. The summed E-state index contributed by atoms with van der Waals surface area (Å²) in [6, 6.07) is 20.5. The number of aromatic amines is 1. The number of sulfonamides is 1. The summed E-state index contributed by atoms with van der Waals surface area (Å²) in [5.41, 5.74) is 2.19. The topological polar surface area (TPSA) is 120 Å². The number of halogens is 2. The summed E-state index contributed by atoms with van der Waals surface area (Å²) in [7, 11) is -4.12. The highest BCUT2D eigenvalue weighted by Crippen LogP contribution is 2.28. The second-order valence-corrected chi connectivity index (χ2v) is 12.3. The molecule has 0 saturated heterocycles. The molecule has 2 aromatic heterocycles. The number of anilines is 2. The van der Waals surface area contributed by atoms with Crippen molar-refractivity contribution >= 4 is 78.7 Å². The summed E-state index contributed by atoms with van der Waals surface area (Å²) >= 11 is 13.5. The largest absolute Gasteiger partial charge is 0.361 e. The third kappa shape index (κ3) is 6.31. The zero-order valence-electron chi connectivity index (χ0n) is 20.7. The van der Waals surface area contributed by atoms with Crippen molar-refractivity contribution in [3.05, 3.63) is 111 Å². The molecule has 1 atom stereocenters. The van der Waals surface area contributed by atoms with Gasteiger partial charge in [0.15, 0.2) is 0 Å². The van der Waals surface area contributed by atoms with Gasteiger partial charge in [0.2, 0.25) is 5.91 Å². The first-order chi connectivity index (χ1) is 19.2. The average molecular weight is 614 g/mol. The number of H-pyrrole nitrogens is 1. The van der Waals surface area contributed by atoms with Crippen LogP contribution < -0.4 is 15.4 Å². The minimum atomic E-state index is -4.12. The zero-order valence-corrected chi connectivity index (χ0v) is 23.8. The van der Waals surface area contributed by atoms with Crippen molar-refractivity contribution in [1.29, 1.82) is 0 Å². The van der Waals surface area contributed by atoms with Crippen molar-refractivity contribution in [2.24, 2.45) is 0 Å². The van der Waals surface area contributed by atoms with Crippen LogP contribution in [-0.2, 0) is 21.2 Å². The van der Waals surface area contributed by atoms with E-state index in [1.807, 2.05) is 24.3 Å². The smallest absolute Gasteiger partial charge is 0.263 e. The molecule has 0 bridgehead atoms. The van der Waals surface area contributed by atoms with Crippen molar-refractivity contribution in [1.82, 2.24) is 10.3 Å². The number of benzene rings is 3. The average Bonchev–Trinajstić information content (AvgIpc) is 3.60. The lowest BCUT2D eigenvalue weighted by Crippen LogP contribution is -2.45. The van der Waals surface area contributed by atoms with Crippen LogP contribution in [0.4, 0.5) is 11.4 Å². The maximum absolute atomic E-state index is 13.5. The van der Waals surface area contributed by atoms with Gasteiger partial charge >= 0.3 is 0 Å². The summed E-state index contributed by atoms with van der Waals surface area (Å²) in [6.07, 6.45) is 2.00. The Morgan fingerprint density at radius 2 is 1.75 bits per heavy atom. The van der Waals surface area contributed by atoms with E-state index in [0.717, 1.165) is 16.5 Å².